The van der Waals surface area contributed by atoms with Gasteiger partial charge < -0.3 is 15.2 Å². The quantitative estimate of drug-likeness (QED) is 0.739. The van der Waals surface area contributed by atoms with E-state index in [9.17, 15) is 5.11 Å². The van der Waals surface area contributed by atoms with E-state index in [1.165, 1.54) is 0 Å². The maximum Gasteiger partial charge on any atom is 0.212 e. The SMILES string of the molecule is CCCNC(CO)c1ccc(OC)nc1. The summed E-state index contributed by atoms with van der Waals surface area (Å²) in [4.78, 5) is 4.10. The fourth-order valence-corrected chi connectivity index (χ4v) is 1.32. The van der Waals surface area contributed by atoms with Gasteiger partial charge in [0, 0.05) is 12.3 Å². The number of ether oxygens (including phenoxy) is 1. The third-order valence-corrected chi connectivity index (χ3v) is 2.19. The summed E-state index contributed by atoms with van der Waals surface area (Å²) in [7, 11) is 1.58. The Balaban J connectivity index is 2.65. The first-order valence-corrected chi connectivity index (χ1v) is 5.16. The number of aliphatic hydroxyl groups excluding tert-OH is 1. The monoisotopic (exact) mass is 210 g/mol. The second-order valence-electron chi connectivity index (χ2n) is 3.32. The number of methoxy groups -OCH3 is 1. The van der Waals surface area contributed by atoms with Gasteiger partial charge in [0.1, 0.15) is 0 Å². The van der Waals surface area contributed by atoms with E-state index >= 15 is 0 Å². The minimum absolute atomic E-state index is 0.0386. The molecule has 0 spiro atoms. The van der Waals surface area contributed by atoms with Crippen LogP contribution in [0.25, 0.3) is 0 Å². The highest BCUT2D eigenvalue weighted by Gasteiger charge is 2.09. The highest BCUT2D eigenvalue weighted by Crippen LogP contribution is 2.14. The second-order valence-corrected chi connectivity index (χ2v) is 3.32. The van der Waals surface area contributed by atoms with Gasteiger partial charge in [0.25, 0.3) is 0 Å². The number of aliphatic hydroxyl groups is 1. The molecule has 1 unspecified atom stereocenters. The zero-order chi connectivity index (χ0) is 11.1. The van der Waals surface area contributed by atoms with Crippen LogP contribution in [0.3, 0.4) is 0 Å². The van der Waals surface area contributed by atoms with Crippen LogP contribution in [0, 0.1) is 0 Å². The van der Waals surface area contributed by atoms with Gasteiger partial charge in [-0.1, -0.05) is 13.0 Å². The van der Waals surface area contributed by atoms with Crippen LogP contribution < -0.4 is 10.1 Å². The van der Waals surface area contributed by atoms with E-state index in [0.29, 0.717) is 5.88 Å². The van der Waals surface area contributed by atoms with Crippen molar-refractivity contribution in [1.82, 2.24) is 10.3 Å². The third-order valence-electron chi connectivity index (χ3n) is 2.19. The molecule has 0 saturated heterocycles. The van der Waals surface area contributed by atoms with E-state index in [4.69, 9.17) is 4.74 Å². The molecule has 1 aromatic rings. The van der Waals surface area contributed by atoms with Crippen LogP contribution in [0.15, 0.2) is 18.3 Å². The number of pyridine rings is 1. The molecule has 0 aliphatic carbocycles. The molecule has 0 fully saturated rings. The van der Waals surface area contributed by atoms with Crippen molar-refractivity contribution in [3.63, 3.8) is 0 Å². The maximum atomic E-state index is 9.21. The van der Waals surface area contributed by atoms with Crippen molar-refractivity contribution >= 4 is 0 Å². The summed E-state index contributed by atoms with van der Waals surface area (Å²) in [6, 6.07) is 3.67. The lowest BCUT2D eigenvalue weighted by Crippen LogP contribution is -2.25. The van der Waals surface area contributed by atoms with Gasteiger partial charge >= 0.3 is 0 Å². The summed E-state index contributed by atoms with van der Waals surface area (Å²) in [6.45, 7) is 3.05. The number of nitrogens with one attached hydrogen (secondary N) is 1. The Morgan fingerprint density at radius 3 is 2.80 bits per heavy atom. The fourth-order valence-electron chi connectivity index (χ4n) is 1.32. The van der Waals surface area contributed by atoms with Crippen LogP contribution in [0.2, 0.25) is 0 Å². The Bertz CT molecular complexity index is 274. The first kappa shape index (κ1) is 11.9. The van der Waals surface area contributed by atoms with Gasteiger partial charge in [0.05, 0.1) is 19.8 Å². The molecule has 0 aliphatic heterocycles. The lowest BCUT2D eigenvalue weighted by atomic mass is 10.1. The number of rotatable bonds is 6. The zero-order valence-electron chi connectivity index (χ0n) is 9.23. The van der Waals surface area contributed by atoms with E-state index in [1.807, 2.05) is 6.07 Å². The van der Waals surface area contributed by atoms with Gasteiger partial charge in [-0.3, -0.25) is 0 Å². The Hall–Kier alpha value is -1.13. The second kappa shape index (κ2) is 6.37. The van der Waals surface area contributed by atoms with Crippen molar-refractivity contribution in [2.75, 3.05) is 20.3 Å². The predicted octanol–water partition coefficient (Wildman–Crippen LogP) is 1.12. The lowest BCUT2D eigenvalue weighted by Gasteiger charge is -2.15. The van der Waals surface area contributed by atoms with Crippen LogP contribution in [-0.4, -0.2) is 30.4 Å². The number of aromatic nitrogens is 1. The Morgan fingerprint density at radius 2 is 2.33 bits per heavy atom. The average molecular weight is 210 g/mol. The molecule has 1 heterocycles. The Labute approximate surface area is 90.3 Å². The predicted molar refractivity (Wildman–Crippen MR) is 58.9 cm³/mol. The summed E-state index contributed by atoms with van der Waals surface area (Å²) in [5.41, 5.74) is 0.978. The Kier molecular flexibility index (Phi) is 5.07. The number of hydrogen-bond donors (Lipinski definition) is 2. The normalized spacial score (nSPS) is 12.5. The molecule has 0 amide bonds. The van der Waals surface area contributed by atoms with Gasteiger partial charge in [-0.25, -0.2) is 4.98 Å². The number of hydrogen-bond acceptors (Lipinski definition) is 4. The highest BCUT2D eigenvalue weighted by atomic mass is 16.5. The molecule has 84 valence electrons. The molecule has 2 N–H and O–H groups in total. The molecule has 1 aromatic heterocycles. The highest BCUT2D eigenvalue weighted by molar-refractivity contribution is 5.20. The van der Waals surface area contributed by atoms with Crippen LogP contribution in [0.4, 0.5) is 0 Å². The zero-order valence-corrected chi connectivity index (χ0v) is 9.23. The molecule has 15 heavy (non-hydrogen) atoms. The first-order chi connectivity index (χ1) is 7.31. The van der Waals surface area contributed by atoms with Gasteiger partial charge in [-0.2, -0.15) is 0 Å². The van der Waals surface area contributed by atoms with Crippen molar-refractivity contribution in [2.24, 2.45) is 0 Å². The van der Waals surface area contributed by atoms with E-state index in [1.54, 1.807) is 19.4 Å². The van der Waals surface area contributed by atoms with Crippen LogP contribution >= 0.6 is 0 Å². The van der Waals surface area contributed by atoms with Gasteiger partial charge in [0.15, 0.2) is 0 Å². The molecule has 0 saturated carbocycles. The minimum Gasteiger partial charge on any atom is -0.481 e. The van der Waals surface area contributed by atoms with Crippen molar-refractivity contribution in [2.45, 2.75) is 19.4 Å². The van der Waals surface area contributed by atoms with E-state index in [0.717, 1.165) is 18.5 Å². The van der Waals surface area contributed by atoms with Gasteiger partial charge in [-0.05, 0) is 18.5 Å². The molecule has 1 atom stereocenters. The third kappa shape index (κ3) is 3.49. The molecule has 0 radical (unpaired) electrons. The van der Waals surface area contributed by atoms with E-state index in [2.05, 4.69) is 17.2 Å². The summed E-state index contributed by atoms with van der Waals surface area (Å²) in [5.74, 6) is 0.589. The minimum atomic E-state index is -0.0386. The van der Waals surface area contributed by atoms with Gasteiger partial charge in [-0.15, -0.1) is 0 Å². The Morgan fingerprint density at radius 1 is 1.53 bits per heavy atom. The lowest BCUT2D eigenvalue weighted by molar-refractivity contribution is 0.244. The molecule has 1 rings (SSSR count). The molecule has 4 nitrogen and oxygen atoms in total. The molecule has 0 aliphatic rings. The summed E-state index contributed by atoms with van der Waals surface area (Å²) in [6.07, 6.45) is 2.77. The van der Waals surface area contributed by atoms with Crippen molar-refractivity contribution in [1.29, 1.82) is 0 Å². The average Bonchev–Trinajstić information content (AvgIpc) is 2.31. The van der Waals surface area contributed by atoms with Crippen molar-refractivity contribution in [3.8, 4) is 5.88 Å². The van der Waals surface area contributed by atoms with Crippen LogP contribution in [0.1, 0.15) is 24.9 Å². The maximum absolute atomic E-state index is 9.21. The topological polar surface area (TPSA) is 54.4 Å². The summed E-state index contributed by atoms with van der Waals surface area (Å²) >= 11 is 0. The van der Waals surface area contributed by atoms with Crippen LogP contribution in [-0.2, 0) is 0 Å². The fraction of sp³-hybridized carbons (Fsp3) is 0.545. The summed E-state index contributed by atoms with van der Waals surface area (Å²) < 4.78 is 4.97. The molecule has 0 aromatic carbocycles. The first-order valence-electron chi connectivity index (χ1n) is 5.16. The molecular formula is C11H18N2O2. The largest absolute Gasteiger partial charge is 0.481 e. The van der Waals surface area contributed by atoms with E-state index in [-0.39, 0.29) is 12.6 Å². The smallest absolute Gasteiger partial charge is 0.212 e. The molecule has 4 heteroatoms. The van der Waals surface area contributed by atoms with Crippen LogP contribution in [0.5, 0.6) is 5.88 Å². The summed E-state index contributed by atoms with van der Waals surface area (Å²) in [5, 5.41) is 12.5. The molecule has 0 bridgehead atoms. The van der Waals surface area contributed by atoms with E-state index < -0.39 is 0 Å². The van der Waals surface area contributed by atoms with Crippen molar-refractivity contribution in [3.05, 3.63) is 23.9 Å². The van der Waals surface area contributed by atoms with Crippen molar-refractivity contribution < 1.29 is 9.84 Å². The van der Waals surface area contributed by atoms with Gasteiger partial charge in [0.2, 0.25) is 5.88 Å². The molecular weight excluding hydrogens is 192 g/mol. The number of nitrogens with zero attached hydrogens (tertiary/aromatic N) is 1. The standard InChI is InChI=1S/C11H18N2O2/c1-3-6-12-10(8-14)9-4-5-11(15-2)13-7-9/h4-5,7,10,12,14H,3,6,8H2,1-2H3.